The second-order valence-electron chi connectivity index (χ2n) is 10.4. The lowest BCUT2D eigenvalue weighted by Crippen LogP contribution is -2.54. The van der Waals surface area contributed by atoms with Crippen LogP contribution in [-0.4, -0.2) is 48.9 Å². The molecule has 0 saturated heterocycles. The molecule has 34 heavy (non-hydrogen) atoms. The third kappa shape index (κ3) is 15.0. The summed E-state index contributed by atoms with van der Waals surface area (Å²) in [6.07, 6.45) is 29.3. The van der Waals surface area contributed by atoms with Crippen molar-refractivity contribution in [1.29, 1.82) is 0 Å². The number of aliphatic imine (C=N–C) groups is 1. The molecule has 0 spiro atoms. The van der Waals surface area contributed by atoms with Crippen LogP contribution < -0.4 is 5.32 Å². The van der Waals surface area contributed by atoms with E-state index in [9.17, 15) is 4.79 Å². The Morgan fingerprint density at radius 2 is 1.35 bits per heavy atom. The summed E-state index contributed by atoms with van der Waals surface area (Å²) in [6.45, 7) is 11.1. The van der Waals surface area contributed by atoms with Crippen molar-refractivity contribution in [2.24, 2.45) is 4.99 Å². The lowest BCUT2D eigenvalue weighted by atomic mass is 10.0. The Balaban J connectivity index is 1.90. The highest BCUT2D eigenvalue weighted by Gasteiger charge is 2.35. The van der Waals surface area contributed by atoms with Gasteiger partial charge < -0.3 is 5.32 Å². The predicted molar refractivity (Wildman–Crippen MR) is 149 cm³/mol. The van der Waals surface area contributed by atoms with E-state index in [1.807, 2.05) is 0 Å². The van der Waals surface area contributed by atoms with Crippen molar-refractivity contribution in [3.05, 3.63) is 12.2 Å². The Kier molecular flexibility index (Phi) is 19.2. The first-order chi connectivity index (χ1) is 16.6. The summed E-state index contributed by atoms with van der Waals surface area (Å²) in [6, 6.07) is 0. The molecule has 4 heteroatoms. The van der Waals surface area contributed by atoms with Gasteiger partial charge in [-0.3, -0.25) is 9.28 Å². The normalized spacial score (nSPS) is 18.0. The fraction of sp³-hybridized carbons (Fsp3) is 0.867. The first kappa shape index (κ1) is 30.9. The minimum Gasteiger partial charge on any atom is -0.351 e. The van der Waals surface area contributed by atoms with Gasteiger partial charge in [0.15, 0.2) is 5.84 Å². The van der Waals surface area contributed by atoms with E-state index < -0.39 is 0 Å². The molecule has 198 valence electrons. The Morgan fingerprint density at radius 1 is 0.824 bits per heavy atom. The highest BCUT2D eigenvalue weighted by atomic mass is 16.1. The van der Waals surface area contributed by atoms with Gasteiger partial charge in [0, 0.05) is 13.3 Å². The zero-order valence-corrected chi connectivity index (χ0v) is 23.2. The van der Waals surface area contributed by atoms with Crippen LogP contribution in [-0.2, 0) is 4.79 Å². The minimum atomic E-state index is 0.0728. The molecule has 4 nitrogen and oxygen atoms in total. The Labute approximate surface area is 212 Å². The predicted octanol–water partition coefficient (Wildman–Crippen LogP) is 7.97. The van der Waals surface area contributed by atoms with Crippen molar-refractivity contribution >= 4 is 11.7 Å². The largest absolute Gasteiger partial charge is 0.351 e. The van der Waals surface area contributed by atoms with E-state index in [4.69, 9.17) is 4.99 Å². The van der Waals surface area contributed by atoms with Gasteiger partial charge in [0.2, 0.25) is 5.91 Å². The van der Waals surface area contributed by atoms with Crippen LogP contribution in [0.4, 0.5) is 0 Å². The molecule has 1 atom stereocenters. The molecular weight excluding hydrogens is 418 g/mol. The number of hydrogen-bond donors (Lipinski definition) is 1. The van der Waals surface area contributed by atoms with E-state index in [0.717, 1.165) is 43.6 Å². The molecule has 1 heterocycles. The van der Waals surface area contributed by atoms with Crippen molar-refractivity contribution in [3.8, 4) is 0 Å². The van der Waals surface area contributed by atoms with Crippen LogP contribution in [0, 0.1) is 0 Å². The number of allylic oxidation sites excluding steroid dienone is 2. The summed E-state index contributed by atoms with van der Waals surface area (Å²) >= 11 is 0. The van der Waals surface area contributed by atoms with Crippen molar-refractivity contribution in [2.45, 2.75) is 136 Å². The average molecular weight is 477 g/mol. The van der Waals surface area contributed by atoms with Gasteiger partial charge in [0.1, 0.15) is 13.1 Å². The highest BCUT2D eigenvalue weighted by Crippen LogP contribution is 2.20. The number of amidine groups is 1. The van der Waals surface area contributed by atoms with E-state index in [1.54, 1.807) is 6.92 Å². The molecule has 0 aromatic rings. The summed E-state index contributed by atoms with van der Waals surface area (Å²) in [4.78, 5) is 16.1. The van der Waals surface area contributed by atoms with Crippen molar-refractivity contribution in [1.82, 2.24) is 5.32 Å². The molecule has 0 bridgehead atoms. The maximum atomic E-state index is 11.2. The lowest BCUT2D eigenvalue weighted by molar-refractivity contribution is -0.833. The standard InChI is InChI=1S/C30H57N3O/c1-4-6-7-8-9-10-11-12-13-14-15-16-17-18-19-20-21-22-23-24-30-32-26-28-33(30,5-2)27-25-31-29(3)34/h8-9H,4-7,10-28H2,1-3H3/p+1/b9-8+. The smallest absolute Gasteiger partial charge is 0.217 e. The fourth-order valence-corrected chi connectivity index (χ4v) is 5.20. The number of rotatable bonds is 23. The Hall–Kier alpha value is -1.16. The number of nitrogens with one attached hydrogen (secondary N) is 1. The van der Waals surface area contributed by atoms with E-state index >= 15 is 0 Å². The number of likely N-dealkylation sites (N-methyl/N-ethyl adjacent to an activating group) is 1. The summed E-state index contributed by atoms with van der Waals surface area (Å²) in [5.41, 5.74) is 0. The molecule has 1 amide bonds. The molecule has 0 fully saturated rings. The maximum Gasteiger partial charge on any atom is 0.217 e. The highest BCUT2D eigenvalue weighted by molar-refractivity contribution is 5.77. The fourth-order valence-electron chi connectivity index (χ4n) is 5.20. The quantitative estimate of drug-likeness (QED) is 0.0906. The molecule has 0 aromatic carbocycles. The van der Waals surface area contributed by atoms with Gasteiger partial charge in [-0.15, -0.1) is 0 Å². The SMILES string of the molecule is CCCC/C=C/CCCCCCCCCCCCCCCC1=NCC[N+]1(CC)CCNC(C)=O. The van der Waals surface area contributed by atoms with Gasteiger partial charge >= 0.3 is 0 Å². The molecular formula is C30H58N3O+. The summed E-state index contributed by atoms with van der Waals surface area (Å²) in [7, 11) is 0. The van der Waals surface area contributed by atoms with E-state index in [2.05, 4.69) is 31.3 Å². The number of amides is 1. The van der Waals surface area contributed by atoms with Crippen LogP contribution in [0.2, 0.25) is 0 Å². The molecule has 0 aromatic heterocycles. The van der Waals surface area contributed by atoms with Crippen molar-refractivity contribution in [3.63, 3.8) is 0 Å². The minimum absolute atomic E-state index is 0.0728. The zero-order valence-electron chi connectivity index (χ0n) is 23.2. The lowest BCUT2D eigenvalue weighted by Gasteiger charge is -2.33. The molecule has 1 aliphatic rings. The number of hydrogen-bond acceptors (Lipinski definition) is 2. The first-order valence-electron chi connectivity index (χ1n) is 14.9. The van der Waals surface area contributed by atoms with Crippen LogP contribution in [0.5, 0.6) is 0 Å². The van der Waals surface area contributed by atoms with Crippen LogP contribution in [0.1, 0.15) is 136 Å². The third-order valence-electron chi connectivity index (χ3n) is 7.55. The van der Waals surface area contributed by atoms with Crippen molar-refractivity contribution in [2.75, 3.05) is 32.7 Å². The number of quaternary nitrogens is 1. The van der Waals surface area contributed by atoms with E-state index in [1.165, 1.54) is 115 Å². The molecule has 1 unspecified atom stereocenters. The summed E-state index contributed by atoms with van der Waals surface area (Å²) in [5.74, 6) is 1.46. The third-order valence-corrected chi connectivity index (χ3v) is 7.55. The molecule has 0 aliphatic carbocycles. The maximum absolute atomic E-state index is 11.2. The van der Waals surface area contributed by atoms with Crippen molar-refractivity contribution < 1.29 is 9.28 Å². The molecule has 1 N–H and O–H groups in total. The number of carbonyl (C=O) groups is 1. The summed E-state index contributed by atoms with van der Waals surface area (Å²) < 4.78 is 0.996. The molecule has 1 aliphatic heterocycles. The molecule has 0 saturated carbocycles. The van der Waals surface area contributed by atoms with E-state index in [-0.39, 0.29) is 5.91 Å². The van der Waals surface area contributed by atoms with E-state index in [0.29, 0.717) is 0 Å². The number of nitrogens with zero attached hydrogens (tertiary/aromatic N) is 2. The number of carbonyl (C=O) groups excluding carboxylic acids is 1. The van der Waals surface area contributed by atoms with Gasteiger partial charge in [0.05, 0.1) is 19.6 Å². The van der Waals surface area contributed by atoms with Gasteiger partial charge in [0.25, 0.3) is 0 Å². The number of unbranched alkanes of at least 4 members (excludes halogenated alkanes) is 15. The van der Waals surface area contributed by atoms with Crippen LogP contribution in [0.3, 0.4) is 0 Å². The second kappa shape index (κ2) is 21.1. The molecule has 1 rings (SSSR count). The molecule has 0 radical (unpaired) electrons. The Bertz CT molecular complexity index is 557. The van der Waals surface area contributed by atoms with Crippen LogP contribution in [0.15, 0.2) is 17.1 Å². The zero-order chi connectivity index (χ0) is 24.7. The summed E-state index contributed by atoms with van der Waals surface area (Å²) in [5, 5.41) is 2.97. The first-order valence-corrected chi connectivity index (χ1v) is 14.9. The van der Waals surface area contributed by atoms with Gasteiger partial charge in [-0.2, -0.15) is 0 Å². The van der Waals surface area contributed by atoms with Gasteiger partial charge in [-0.25, -0.2) is 4.99 Å². The topological polar surface area (TPSA) is 41.5 Å². The second-order valence-corrected chi connectivity index (χ2v) is 10.4. The Morgan fingerprint density at radius 3 is 1.88 bits per heavy atom. The van der Waals surface area contributed by atoms with Gasteiger partial charge in [-0.1, -0.05) is 103 Å². The monoisotopic (exact) mass is 476 g/mol. The van der Waals surface area contributed by atoms with Crippen LogP contribution >= 0.6 is 0 Å². The average Bonchev–Trinajstić information content (AvgIpc) is 3.23. The van der Waals surface area contributed by atoms with Gasteiger partial charge in [-0.05, 0) is 32.6 Å². The van der Waals surface area contributed by atoms with Crippen LogP contribution in [0.25, 0.3) is 0 Å².